The van der Waals surface area contributed by atoms with Gasteiger partial charge >= 0.3 is 0 Å². The molecule has 0 spiro atoms. The minimum absolute atomic E-state index is 0.209. The van der Waals surface area contributed by atoms with Gasteiger partial charge in [-0.1, -0.05) is 61.8 Å². The predicted octanol–water partition coefficient (Wildman–Crippen LogP) is 7.83. The normalized spacial score (nSPS) is 12.2. The SMILES string of the molecule is CCC.CS.Cc1noc(/C(=C/c2cccc(-c3cc(C(C)(C)S(C)(=O)=O)cc4cccnc34)c2)c2ccc(S(C)(=O)=O)cc2)n1. The van der Waals surface area contributed by atoms with Crippen molar-refractivity contribution in [2.45, 2.75) is 50.7 Å². The first kappa shape index (κ1) is 36.7. The van der Waals surface area contributed by atoms with Gasteiger partial charge in [0.05, 0.1) is 15.2 Å². The molecule has 0 radical (unpaired) electrons. The second-order valence-electron chi connectivity index (χ2n) is 11.2. The highest BCUT2D eigenvalue weighted by Crippen LogP contribution is 2.37. The highest BCUT2D eigenvalue weighted by Gasteiger charge is 2.33. The van der Waals surface area contributed by atoms with Gasteiger partial charge in [0.15, 0.2) is 25.5 Å². The summed E-state index contributed by atoms with van der Waals surface area (Å²) in [6.45, 7) is 9.38. The van der Waals surface area contributed by atoms with Crippen LogP contribution < -0.4 is 0 Å². The number of aromatic nitrogens is 3. The number of thiol groups is 1. The van der Waals surface area contributed by atoms with E-state index in [0.717, 1.165) is 33.8 Å². The maximum absolute atomic E-state index is 12.7. The molecule has 0 amide bonds. The molecule has 0 aliphatic heterocycles. The molecule has 0 fully saturated rings. The van der Waals surface area contributed by atoms with Gasteiger partial charge in [-0.25, -0.2) is 16.8 Å². The second kappa shape index (κ2) is 15.2. The molecule has 244 valence electrons. The number of aryl methyl sites for hydroxylation is 1. The van der Waals surface area contributed by atoms with E-state index in [0.29, 0.717) is 28.4 Å². The third-order valence-electron chi connectivity index (χ3n) is 7.19. The number of hydrogen-bond acceptors (Lipinski definition) is 9. The molecule has 5 rings (SSSR count). The number of benzene rings is 3. The lowest BCUT2D eigenvalue weighted by Crippen LogP contribution is -2.28. The number of sulfone groups is 2. The first-order valence-electron chi connectivity index (χ1n) is 14.6. The Morgan fingerprint density at radius 1 is 0.913 bits per heavy atom. The van der Waals surface area contributed by atoms with E-state index in [9.17, 15) is 16.8 Å². The fraction of sp³-hybridized carbons (Fsp3) is 0.286. The summed E-state index contributed by atoms with van der Waals surface area (Å²) in [5.41, 5.74) is 5.22. The van der Waals surface area contributed by atoms with Crippen LogP contribution in [0.15, 0.2) is 88.4 Å². The topological polar surface area (TPSA) is 120 Å². The van der Waals surface area contributed by atoms with Crippen LogP contribution in [-0.2, 0) is 24.4 Å². The Bertz CT molecular complexity index is 2050. The molecule has 0 saturated heterocycles. The smallest absolute Gasteiger partial charge is 0.258 e. The summed E-state index contributed by atoms with van der Waals surface area (Å²) in [7, 11) is -6.77. The molecule has 46 heavy (non-hydrogen) atoms. The van der Waals surface area contributed by atoms with Crippen molar-refractivity contribution in [1.82, 2.24) is 15.1 Å². The Morgan fingerprint density at radius 2 is 1.57 bits per heavy atom. The van der Waals surface area contributed by atoms with Gasteiger partial charge in [0, 0.05) is 35.2 Å². The van der Waals surface area contributed by atoms with Gasteiger partial charge in [-0.2, -0.15) is 17.6 Å². The van der Waals surface area contributed by atoms with Crippen LogP contribution in [0.4, 0.5) is 0 Å². The number of rotatable bonds is 7. The lowest BCUT2D eigenvalue weighted by Gasteiger charge is -2.24. The van der Waals surface area contributed by atoms with Crippen molar-refractivity contribution in [2.75, 3.05) is 18.8 Å². The maximum Gasteiger partial charge on any atom is 0.258 e. The van der Waals surface area contributed by atoms with Crippen molar-refractivity contribution in [3.8, 4) is 11.1 Å². The maximum atomic E-state index is 12.7. The molecule has 0 N–H and O–H groups in total. The third-order valence-corrected chi connectivity index (χ3v) is 10.4. The summed E-state index contributed by atoms with van der Waals surface area (Å²) in [4.78, 5) is 9.23. The van der Waals surface area contributed by atoms with Gasteiger partial charge in [-0.15, -0.1) is 0 Å². The zero-order valence-electron chi connectivity index (χ0n) is 27.4. The van der Waals surface area contributed by atoms with Gasteiger partial charge in [0.1, 0.15) is 0 Å². The first-order chi connectivity index (χ1) is 21.7. The van der Waals surface area contributed by atoms with E-state index in [-0.39, 0.29) is 4.90 Å². The van der Waals surface area contributed by atoms with Crippen LogP contribution in [0.5, 0.6) is 0 Å². The molecule has 3 aromatic carbocycles. The summed E-state index contributed by atoms with van der Waals surface area (Å²) >= 11 is 3.53. The van der Waals surface area contributed by atoms with Gasteiger partial charge in [0.2, 0.25) is 0 Å². The number of nitrogens with zero attached hydrogens (tertiary/aromatic N) is 3. The summed E-state index contributed by atoms with van der Waals surface area (Å²) in [6, 6.07) is 21.8. The summed E-state index contributed by atoms with van der Waals surface area (Å²) < 4.78 is 53.7. The molecule has 11 heteroatoms. The fourth-order valence-electron chi connectivity index (χ4n) is 4.49. The molecule has 0 aliphatic carbocycles. The monoisotopic (exact) mass is 679 g/mol. The molecular formula is C35H41N3O5S3. The molecular weight excluding hydrogens is 639 g/mol. The minimum atomic E-state index is -3.41. The fourth-order valence-corrected chi connectivity index (χ4v) is 5.67. The van der Waals surface area contributed by atoms with E-state index in [1.54, 1.807) is 57.5 Å². The zero-order valence-corrected chi connectivity index (χ0v) is 30.0. The quantitative estimate of drug-likeness (QED) is 0.137. The van der Waals surface area contributed by atoms with Crippen LogP contribution in [0.2, 0.25) is 0 Å². The van der Waals surface area contributed by atoms with E-state index in [2.05, 4.69) is 41.6 Å². The molecule has 0 atom stereocenters. The predicted molar refractivity (Wildman–Crippen MR) is 191 cm³/mol. The average molecular weight is 680 g/mol. The molecule has 0 saturated carbocycles. The molecule has 5 aromatic rings. The number of fused-ring (bicyclic) bond motifs is 1. The van der Waals surface area contributed by atoms with Crippen molar-refractivity contribution in [3.63, 3.8) is 0 Å². The van der Waals surface area contributed by atoms with Crippen molar-refractivity contribution < 1.29 is 21.4 Å². The van der Waals surface area contributed by atoms with Crippen LogP contribution in [0.25, 0.3) is 33.7 Å². The average Bonchev–Trinajstić information content (AvgIpc) is 3.45. The third kappa shape index (κ3) is 8.51. The lowest BCUT2D eigenvalue weighted by atomic mass is 9.92. The molecule has 2 aromatic heterocycles. The van der Waals surface area contributed by atoms with Gasteiger partial charge in [0.25, 0.3) is 5.89 Å². The van der Waals surface area contributed by atoms with Crippen molar-refractivity contribution >= 4 is 54.9 Å². The van der Waals surface area contributed by atoms with Gasteiger partial charge in [-0.3, -0.25) is 4.98 Å². The molecule has 0 aliphatic rings. The van der Waals surface area contributed by atoms with E-state index in [1.807, 2.05) is 54.6 Å². The van der Waals surface area contributed by atoms with Gasteiger partial charge < -0.3 is 4.52 Å². The molecule has 0 bridgehead atoms. The Labute approximate surface area is 278 Å². The van der Waals surface area contributed by atoms with Crippen molar-refractivity contribution in [2.24, 2.45) is 0 Å². The lowest BCUT2D eigenvalue weighted by molar-refractivity contribution is 0.403. The summed E-state index contributed by atoms with van der Waals surface area (Å²) in [5.74, 6) is 0.763. The summed E-state index contributed by atoms with van der Waals surface area (Å²) in [6.07, 6.45) is 8.96. The van der Waals surface area contributed by atoms with Crippen molar-refractivity contribution in [1.29, 1.82) is 0 Å². The Morgan fingerprint density at radius 3 is 2.13 bits per heavy atom. The highest BCUT2D eigenvalue weighted by molar-refractivity contribution is 7.91. The van der Waals surface area contributed by atoms with Crippen LogP contribution >= 0.6 is 12.6 Å². The second-order valence-corrected chi connectivity index (χ2v) is 15.8. The Hall–Kier alpha value is -3.80. The van der Waals surface area contributed by atoms with Crippen LogP contribution in [-0.4, -0.2) is 50.7 Å². The van der Waals surface area contributed by atoms with E-state index >= 15 is 0 Å². The van der Waals surface area contributed by atoms with E-state index in [4.69, 9.17) is 4.52 Å². The molecule has 8 nitrogen and oxygen atoms in total. The van der Waals surface area contributed by atoms with Crippen LogP contribution in [0.1, 0.15) is 62.5 Å². The van der Waals surface area contributed by atoms with Crippen molar-refractivity contribution in [3.05, 3.63) is 107 Å². The Kier molecular flexibility index (Phi) is 12.1. The number of hydrogen-bond donors (Lipinski definition) is 1. The first-order valence-corrected chi connectivity index (χ1v) is 19.3. The largest absolute Gasteiger partial charge is 0.334 e. The summed E-state index contributed by atoms with van der Waals surface area (Å²) in [5, 5.41) is 4.77. The molecule has 2 heterocycles. The van der Waals surface area contributed by atoms with Crippen LogP contribution in [0, 0.1) is 6.92 Å². The molecule has 0 unspecified atom stereocenters. The Balaban J connectivity index is 0.00000109. The zero-order chi connectivity index (χ0) is 34.3. The minimum Gasteiger partial charge on any atom is -0.334 e. The highest BCUT2D eigenvalue weighted by atomic mass is 32.2. The standard InChI is InChI=1S/C31H29N3O5S2.C3H8.CH4S/c1-20-33-30(39-34-20)28(22-11-13-26(14-12-22)40(4,35)36)17-21-8-6-9-23(16-21)27-19-25(31(2,3)41(5,37)38)18-24-10-7-15-32-29(24)27;1-3-2;1-2/h6-19H,1-5H3;3H2,1-2H3;2H,1H3/b28-17+;;. The number of pyridine rings is 1. The van der Waals surface area contributed by atoms with Gasteiger partial charge in [-0.05, 0) is 91.8 Å². The van der Waals surface area contributed by atoms with E-state index in [1.165, 1.54) is 12.7 Å². The van der Waals surface area contributed by atoms with E-state index < -0.39 is 24.4 Å². The van der Waals surface area contributed by atoms with Crippen LogP contribution in [0.3, 0.4) is 0 Å².